The van der Waals surface area contributed by atoms with Gasteiger partial charge in [-0.25, -0.2) is 0 Å². The van der Waals surface area contributed by atoms with Crippen molar-refractivity contribution in [1.82, 2.24) is 0 Å². The Kier molecular flexibility index (Phi) is 4.67. The minimum absolute atomic E-state index is 0.215. The smallest absolute Gasteiger partial charge is 0.170 e. The first kappa shape index (κ1) is 14.6. The topological polar surface area (TPSA) is 26.3 Å². The summed E-state index contributed by atoms with van der Waals surface area (Å²) in [7, 11) is 0. The van der Waals surface area contributed by atoms with Crippen LogP contribution in [0, 0.1) is 0 Å². The molecule has 1 heterocycles. The quantitative estimate of drug-likeness (QED) is 0.749. The summed E-state index contributed by atoms with van der Waals surface area (Å²) in [5, 5.41) is 0. The van der Waals surface area contributed by atoms with Gasteiger partial charge in [-0.3, -0.25) is 4.79 Å². The van der Waals surface area contributed by atoms with E-state index in [1.54, 1.807) is 0 Å². The fourth-order valence-corrected chi connectivity index (χ4v) is 3.19. The zero-order chi connectivity index (χ0) is 13.9. The molecule has 0 bridgehead atoms. The normalized spacial score (nSPS) is 21.9. The summed E-state index contributed by atoms with van der Waals surface area (Å²) in [5.74, 6) is 0.969. The number of ketones is 1. The standard InChI is InChI=1S/C16H21BrO2/c1-3-5-9-16(8-4-2)11-14(18)13-10-12(17)6-7-15(13)19-16/h6-7,10H,3-5,8-9,11H2,1-2H3. The summed E-state index contributed by atoms with van der Waals surface area (Å²) in [6.45, 7) is 4.33. The highest BCUT2D eigenvalue weighted by Crippen LogP contribution is 2.39. The number of ether oxygens (including phenoxy) is 1. The second-order valence-electron chi connectivity index (χ2n) is 5.38. The molecule has 2 rings (SSSR count). The number of benzene rings is 1. The van der Waals surface area contributed by atoms with Gasteiger partial charge < -0.3 is 4.74 Å². The number of hydrogen-bond acceptors (Lipinski definition) is 2. The Morgan fingerprint density at radius 2 is 2.05 bits per heavy atom. The molecule has 104 valence electrons. The molecule has 0 saturated carbocycles. The average Bonchev–Trinajstić information content (AvgIpc) is 2.38. The molecule has 0 aliphatic carbocycles. The molecule has 1 unspecified atom stereocenters. The van der Waals surface area contributed by atoms with Crippen LogP contribution in [0.15, 0.2) is 22.7 Å². The monoisotopic (exact) mass is 324 g/mol. The van der Waals surface area contributed by atoms with Gasteiger partial charge in [0.25, 0.3) is 0 Å². The second kappa shape index (κ2) is 6.08. The Bertz CT molecular complexity index is 470. The summed E-state index contributed by atoms with van der Waals surface area (Å²) >= 11 is 3.41. The Hall–Kier alpha value is -0.830. The lowest BCUT2D eigenvalue weighted by Crippen LogP contribution is -2.42. The molecule has 0 spiro atoms. The van der Waals surface area contributed by atoms with E-state index in [1.807, 2.05) is 18.2 Å². The van der Waals surface area contributed by atoms with Crippen LogP contribution in [-0.4, -0.2) is 11.4 Å². The van der Waals surface area contributed by atoms with E-state index in [0.717, 1.165) is 47.9 Å². The minimum atomic E-state index is -0.275. The van der Waals surface area contributed by atoms with Crippen LogP contribution >= 0.6 is 15.9 Å². The number of hydrogen-bond donors (Lipinski definition) is 0. The van der Waals surface area contributed by atoms with Gasteiger partial charge in [-0.05, 0) is 37.5 Å². The van der Waals surface area contributed by atoms with E-state index in [0.29, 0.717) is 6.42 Å². The van der Waals surface area contributed by atoms with Crippen LogP contribution in [0.25, 0.3) is 0 Å². The molecule has 0 aromatic heterocycles. The molecule has 0 amide bonds. The maximum absolute atomic E-state index is 12.4. The predicted molar refractivity (Wildman–Crippen MR) is 80.9 cm³/mol. The van der Waals surface area contributed by atoms with Crippen molar-refractivity contribution >= 4 is 21.7 Å². The minimum Gasteiger partial charge on any atom is -0.486 e. The Labute approximate surface area is 123 Å². The Morgan fingerprint density at radius 1 is 1.26 bits per heavy atom. The summed E-state index contributed by atoms with van der Waals surface area (Å²) in [5.41, 5.74) is 0.445. The van der Waals surface area contributed by atoms with Crippen molar-refractivity contribution in [1.29, 1.82) is 0 Å². The van der Waals surface area contributed by atoms with E-state index >= 15 is 0 Å². The lowest BCUT2D eigenvalue weighted by atomic mass is 9.83. The van der Waals surface area contributed by atoms with E-state index in [-0.39, 0.29) is 11.4 Å². The van der Waals surface area contributed by atoms with E-state index in [1.165, 1.54) is 0 Å². The van der Waals surface area contributed by atoms with Gasteiger partial charge in [0, 0.05) is 4.47 Å². The molecule has 0 radical (unpaired) electrons. The van der Waals surface area contributed by atoms with Gasteiger partial charge in [0.2, 0.25) is 0 Å². The van der Waals surface area contributed by atoms with Crippen LogP contribution in [0.2, 0.25) is 0 Å². The Morgan fingerprint density at radius 3 is 2.74 bits per heavy atom. The van der Waals surface area contributed by atoms with Crippen molar-refractivity contribution in [2.75, 3.05) is 0 Å². The molecule has 1 aliphatic heterocycles. The summed E-state index contributed by atoms with van der Waals surface area (Å²) < 4.78 is 7.18. The van der Waals surface area contributed by atoms with Crippen LogP contribution in [0.3, 0.4) is 0 Å². The van der Waals surface area contributed by atoms with Crippen molar-refractivity contribution in [3.05, 3.63) is 28.2 Å². The van der Waals surface area contributed by atoms with Gasteiger partial charge in [0.15, 0.2) is 5.78 Å². The fraction of sp³-hybridized carbons (Fsp3) is 0.562. The van der Waals surface area contributed by atoms with Crippen molar-refractivity contribution in [3.63, 3.8) is 0 Å². The zero-order valence-electron chi connectivity index (χ0n) is 11.7. The first-order valence-corrected chi connectivity index (χ1v) is 7.91. The van der Waals surface area contributed by atoms with Crippen molar-refractivity contribution in [2.45, 2.75) is 58.0 Å². The highest BCUT2D eigenvalue weighted by molar-refractivity contribution is 9.10. The third kappa shape index (κ3) is 3.19. The van der Waals surface area contributed by atoms with Gasteiger partial charge in [-0.15, -0.1) is 0 Å². The summed E-state index contributed by atoms with van der Waals surface area (Å²) in [4.78, 5) is 12.4. The molecular formula is C16H21BrO2. The molecule has 19 heavy (non-hydrogen) atoms. The molecule has 0 N–H and O–H groups in total. The van der Waals surface area contributed by atoms with E-state index in [9.17, 15) is 4.79 Å². The largest absolute Gasteiger partial charge is 0.486 e. The highest BCUT2D eigenvalue weighted by atomic mass is 79.9. The summed E-state index contributed by atoms with van der Waals surface area (Å²) in [6, 6.07) is 5.72. The van der Waals surface area contributed by atoms with Crippen molar-refractivity contribution < 1.29 is 9.53 Å². The molecule has 3 heteroatoms. The number of carbonyl (C=O) groups excluding carboxylic acids is 1. The second-order valence-corrected chi connectivity index (χ2v) is 6.29. The average molecular weight is 325 g/mol. The fourth-order valence-electron chi connectivity index (χ4n) is 2.82. The van der Waals surface area contributed by atoms with Gasteiger partial charge in [0.05, 0.1) is 12.0 Å². The molecular weight excluding hydrogens is 304 g/mol. The van der Waals surface area contributed by atoms with E-state index in [2.05, 4.69) is 29.8 Å². The number of halogens is 1. The first-order valence-electron chi connectivity index (χ1n) is 7.12. The van der Waals surface area contributed by atoms with Crippen LogP contribution in [0.5, 0.6) is 5.75 Å². The van der Waals surface area contributed by atoms with Crippen molar-refractivity contribution in [2.24, 2.45) is 0 Å². The van der Waals surface area contributed by atoms with Gasteiger partial charge in [0.1, 0.15) is 11.4 Å². The predicted octanol–water partition coefficient (Wildman–Crippen LogP) is 5.14. The number of fused-ring (bicyclic) bond motifs is 1. The van der Waals surface area contributed by atoms with Crippen LogP contribution in [0.1, 0.15) is 62.7 Å². The molecule has 1 aliphatic rings. The maximum atomic E-state index is 12.4. The number of unbranched alkanes of at least 4 members (excludes halogenated alkanes) is 1. The van der Waals surface area contributed by atoms with Gasteiger partial charge in [-0.2, -0.15) is 0 Å². The molecule has 1 aromatic rings. The van der Waals surface area contributed by atoms with E-state index in [4.69, 9.17) is 4.74 Å². The van der Waals surface area contributed by atoms with Crippen LogP contribution in [0.4, 0.5) is 0 Å². The molecule has 2 nitrogen and oxygen atoms in total. The molecule has 0 fully saturated rings. The molecule has 1 aromatic carbocycles. The van der Waals surface area contributed by atoms with Crippen LogP contribution < -0.4 is 4.74 Å². The third-order valence-electron chi connectivity index (χ3n) is 3.74. The maximum Gasteiger partial charge on any atom is 0.170 e. The SMILES string of the molecule is CCCCC1(CCC)CC(=O)c2cc(Br)ccc2O1. The number of Topliss-reactive ketones (excluding diaryl/α,β-unsaturated/α-hetero) is 1. The van der Waals surface area contributed by atoms with Gasteiger partial charge >= 0.3 is 0 Å². The van der Waals surface area contributed by atoms with Gasteiger partial charge in [-0.1, -0.05) is 42.6 Å². The zero-order valence-corrected chi connectivity index (χ0v) is 13.3. The first-order chi connectivity index (χ1) is 9.10. The molecule has 1 atom stereocenters. The third-order valence-corrected chi connectivity index (χ3v) is 4.24. The Balaban J connectivity index is 2.30. The van der Waals surface area contributed by atoms with E-state index < -0.39 is 0 Å². The molecule has 0 saturated heterocycles. The lowest BCUT2D eigenvalue weighted by molar-refractivity contribution is 0.0260. The number of rotatable bonds is 5. The van der Waals surface area contributed by atoms with Crippen LogP contribution in [-0.2, 0) is 0 Å². The lowest BCUT2D eigenvalue weighted by Gasteiger charge is -2.38. The highest BCUT2D eigenvalue weighted by Gasteiger charge is 2.39. The van der Waals surface area contributed by atoms with Crippen molar-refractivity contribution in [3.8, 4) is 5.75 Å². The number of carbonyl (C=O) groups is 1. The summed E-state index contributed by atoms with van der Waals surface area (Å²) in [6.07, 6.45) is 5.73.